The lowest BCUT2D eigenvalue weighted by molar-refractivity contribution is -0.142. The third-order valence-electron chi connectivity index (χ3n) is 5.83. The first-order chi connectivity index (χ1) is 17.3. The van der Waals surface area contributed by atoms with Gasteiger partial charge in [-0.3, -0.25) is 14.3 Å². The Labute approximate surface area is 210 Å². The summed E-state index contributed by atoms with van der Waals surface area (Å²) in [6.45, 7) is 8.05. The highest BCUT2D eigenvalue weighted by molar-refractivity contribution is 6.07. The molecule has 4 aromatic rings. The maximum absolute atomic E-state index is 13.9. The normalized spacial score (nSPS) is 11.8. The molecule has 2 N–H and O–H groups in total. The Bertz CT molecular complexity index is 1500. The van der Waals surface area contributed by atoms with Gasteiger partial charge in [0.15, 0.2) is 17.0 Å². The summed E-state index contributed by atoms with van der Waals surface area (Å²) in [6.07, 6.45) is -3.46. The molecule has 0 radical (unpaired) electrons. The Morgan fingerprint density at radius 2 is 1.78 bits per heavy atom. The molecule has 0 bridgehead atoms. The number of amides is 2. The molecule has 0 saturated heterocycles. The van der Waals surface area contributed by atoms with E-state index in [0.717, 1.165) is 17.2 Å². The number of nitrogens with one attached hydrogen (secondary N) is 2. The first-order valence-electron chi connectivity index (χ1n) is 11.5. The zero-order valence-electron chi connectivity index (χ0n) is 20.9. The van der Waals surface area contributed by atoms with E-state index in [1.807, 2.05) is 33.8 Å². The highest BCUT2D eigenvalue weighted by Gasteiger charge is 2.36. The van der Waals surface area contributed by atoms with E-state index >= 15 is 0 Å². The fourth-order valence-electron chi connectivity index (χ4n) is 3.70. The molecule has 9 nitrogen and oxygen atoms in total. The van der Waals surface area contributed by atoms with Gasteiger partial charge in [-0.15, -0.1) is 0 Å². The molecule has 0 aliphatic carbocycles. The lowest BCUT2D eigenvalue weighted by Gasteiger charge is -2.11. The average molecular weight is 514 g/mol. The topological polar surface area (TPSA) is 106 Å². The van der Waals surface area contributed by atoms with Crippen molar-refractivity contribution in [2.75, 3.05) is 11.9 Å². The molecule has 0 fully saturated rings. The highest BCUT2D eigenvalue weighted by Crippen LogP contribution is 2.33. The van der Waals surface area contributed by atoms with Crippen molar-refractivity contribution in [3.05, 3.63) is 64.7 Å². The number of benzene rings is 1. The summed E-state index contributed by atoms with van der Waals surface area (Å²) in [5, 5.41) is 13.2. The number of alkyl halides is 3. The van der Waals surface area contributed by atoms with Crippen molar-refractivity contribution in [1.82, 2.24) is 29.7 Å². The molecule has 0 saturated carbocycles. The number of anilines is 1. The Morgan fingerprint density at radius 3 is 2.43 bits per heavy atom. The smallest absolute Gasteiger partial charge is 0.350 e. The maximum atomic E-state index is 13.9. The molecule has 0 aliphatic heterocycles. The number of aryl methyl sites for hydroxylation is 3. The van der Waals surface area contributed by atoms with Gasteiger partial charge >= 0.3 is 6.18 Å². The van der Waals surface area contributed by atoms with Gasteiger partial charge < -0.3 is 10.6 Å². The number of nitrogens with zero attached hydrogens (tertiary/aromatic N) is 5. The third kappa shape index (κ3) is 5.32. The van der Waals surface area contributed by atoms with Crippen molar-refractivity contribution < 1.29 is 22.8 Å². The monoisotopic (exact) mass is 513 g/mol. The Morgan fingerprint density at radius 1 is 1.05 bits per heavy atom. The van der Waals surface area contributed by atoms with Gasteiger partial charge in [-0.25, -0.2) is 9.50 Å². The summed E-state index contributed by atoms with van der Waals surface area (Å²) in [7, 11) is 1.54. The molecule has 0 spiro atoms. The SMILES string of the molecule is Cc1ccc(-c2cc(C(F)(F)F)n3nc(C(=O)Nc4cnn(C)c4C(=O)NCC(C)C)cc3n2)cc1C. The number of fused-ring (bicyclic) bond motifs is 1. The van der Waals surface area contributed by atoms with E-state index in [9.17, 15) is 22.8 Å². The molecule has 12 heteroatoms. The maximum Gasteiger partial charge on any atom is 0.433 e. The van der Waals surface area contributed by atoms with Gasteiger partial charge in [0.2, 0.25) is 0 Å². The highest BCUT2D eigenvalue weighted by atomic mass is 19.4. The van der Waals surface area contributed by atoms with Crippen LogP contribution in [0.3, 0.4) is 0 Å². The van der Waals surface area contributed by atoms with Crippen molar-refractivity contribution in [3.8, 4) is 11.3 Å². The van der Waals surface area contributed by atoms with Crippen LogP contribution in [-0.4, -0.2) is 42.7 Å². The van der Waals surface area contributed by atoms with Gasteiger partial charge in [-0.05, 0) is 43.0 Å². The fourth-order valence-corrected chi connectivity index (χ4v) is 3.70. The van der Waals surface area contributed by atoms with Crippen LogP contribution in [0.4, 0.5) is 18.9 Å². The standard InChI is InChI=1S/C25H26F3N7O2/c1-13(2)11-29-24(37)22-19(12-30-34(22)5)32-23(36)18-10-21-31-17(16-7-6-14(3)15(4)8-16)9-20(25(26,27)28)35(21)33-18/h6-10,12-13H,11H2,1-5H3,(H,29,37)(H,32,36). The Kier molecular flexibility index (Phi) is 6.76. The number of halogens is 3. The molecule has 1 aromatic carbocycles. The van der Waals surface area contributed by atoms with Crippen LogP contribution in [0, 0.1) is 19.8 Å². The largest absolute Gasteiger partial charge is 0.433 e. The second-order valence-corrected chi connectivity index (χ2v) is 9.21. The van der Waals surface area contributed by atoms with E-state index in [0.29, 0.717) is 16.6 Å². The molecular weight excluding hydrogens is 487 g/mol. The van der Waals surface area contributed by atoms with E-state index < -0.39 is 23.7 Å². The number of aromatic nitrogens is 5. The van der Waals surface area contributed by atoms with Crippen molar-refractivity contribution >= 4 is 23.1 Å². The van der Waals surface area contributed by atoms with Gasteiger partial charge in [0.25, 0.3) is 11.8 Å². The minimum Gasteiger partial charge on any atom is -0.350 e. The van der Waals surface area contributed by atoms with Crippen LogP contribution in [0.15, 0.2) is 36.5 Å². The lowest BCUT2D eigenvalue weighted by atomic mass is 10.0. The summed E-state index contributed by atoms with van der Waals surface area (Å²) in [5.41, 5.74) is 1.21. The first kappa shape index (κ1) is 25.9. The van der Waals surface area contributed by atoms with E-state index in [1.54, 1.807) is 19.2 Å². The first-order valence-corrected chi connectivity index (χ1v) is 11.5. The molecular formula is C25H26F3N7O2. The number of hydrogen-bond acceptors (Lipinski definition) is 5. The van der Waals surface area contributed by atoms with E-state index in [2.05, 4.69) is 25.8 Å². The molecule has 194 valence electrons. The minimum absolute atomic E-state index is 0.101. The average Bonchev–Trinajstić information content (AvgIpc) is 3.41. The quantitative estimate of drug-likeness (QED) is 0.398. The lowest BCUT2D eigenvalue weighted by Crippen LogP contribution is -2.30. The second kappa shape index (κ2) is 9.68. The summed E-state index contributed by atoms with van der Waals surface area (Å²) in [5.74, 6) is -1.05. The zero-order valence-corrected chi connectivity index (χ0v) is 20.9. The number of carbonyl (C=O) groups is 2. The fraction of sp³-hybridized carbons (Fsp3) is 0.320. The van der Waals surface area contributed by atoms with Crippen molar-refractivity contribution in [1.29, 1.82) is 0 Å². The number of rotatable bonds is 6. The minimum atomic E-state index is -4.75. The van der Waals surface area contributed by atoms with Gasteiger partial charge in [-0.2, -0.15) is 23.4 Å². The molecule has 4 rings (SSSR count). The van der Waals surface area contributed by atoms with Crippen LogP contribution < -0.4 is 10.6 Å². The van der Waals surface area contributed by atoms with E-state index in [-0.39, 0.29) is 34.3 Å². The van der Waals surface area contributed by atoms with Gasteiger partial charge in [-0.1, -0.05) is 26.0 Å². The molecule has 3 aromatic heterocycles. The van der Waals surface area contributed by atoms with Crippen LogP contribution in [0.2, 0.25) is 0 Å². The Hall–Kier alpha value is -4.22. The summed E-state index contributed by atoms with van der Waals surface area (Å²) < 4.78 is 43.7. The molecule has 3 heterocycles. The predicted octanol–water partition coefficient (Wildman–Crippen LogP) is 4.40. The molecule has 0 atom stereocenters. The van der Waals surface area contributed by atoms with Crippen LogP contribution in [0.25, 0.3) is 16.9 Å². The predicted molar refractivity (Wildman–Crippen MR) is 131 cm³/mol. The van der Waals surface area contributed by atoms with Crippen LogP contribution in [0.1, 0.15) is 51.6 Å². The van der Waals surface area contributed by atoms with Gasteiger partial charge in [0, 0.05) is 25.2 Å². The molecule has 37 heavy (non-hydrogen) atoms. The summed E-state index contributed by atoms with van der Waals surface area (Å²) >= 11 is 0. The van der Waals surface area contributed by atoms with Crippen molar-refractivity contribution in [2.24, 2.45) is 13.0 Å². The third-order valence-corrected chi connectivity index (χ3v) is 5.83. The van der Waals surface area contributed by atoms with Crippen LogP contribution in [0.5, 0.6) is 0 Å². The van der Waals surface area contributed by atoms with Gasteiger partial charge in [0.1, 0.15) is 5.69 Å². The molecule has 0 aliphatic rings. The van der Waals surface area contributed by atoms with Crippen LogP contribution >= 0.6 is 0 Å². The number of carbonyl (C=O) groups excluding carboxylic acids is 2. The van der Waals surface area contributed by atoms with E-state index in [4.69, 9.17) is 0 Å². The molecule has 0 unspecified atom stereocenters. The zero-order chi connectivity index (χ0) is 27.1. The summed E-state index contributed by atoms with van der Waals surface area (Å²) in [4.78, 5) is 29.9. The van der Waals surface area contributed by atoms with Gasteiger partial charge in [0.05, 0.1) is 17.6 Å². The molecule has 2 amide bonds. The van der Waals surface area contributed by atoms with Crippen LogP contribution in [-0.2, 0) is 13.2 Å². The van der Waals surface area contributed by atoms with E-state index in [1.165, 1.54) is 16.9 Å². The Balaban J connectivity index is 1.71. The number of hydrogen-bond donors (Lipinski definition) is 2. The summed E-state index contributed by atoms with van der Waals surface area (Å²) in [6, 6.07) is 7.34. The van der Waals surface area contributed by atoms with Crippen molar-refractivity contribution in [3.63, 3.8) is 0 Å². The second-order valence-electron chi connectivity index (χ2n) is 9.21. The van der Waals surface area contributed by atoms with Crippen molar-refractivity contribution in [2.45, 2.75) is 33.9 Å².